The first-order chi connectivity index (χ1) is 16.0. The molecule has 1 aliphatic heterocycles. The molecule has 10 heteroatoms. The molecule has 0 amide bonds. The molecule has 0 aliphatic carbocycles. The Morgan fingerprint density at radius 2 is 2.21 bits per heavy atom. The molecule has 0 bridgehead atoms. The van der Waals surface area contributed by atoms with Crippen molar-refractivity contribution < 1.29 is 8.78 Å². The van der Waals surface area contributed by atoms with E-state index in [4.69, 9.17) is 5.10 Å². The fraction of sp³-hybridized carbons (Fsp3) is 0.391. The summed E-state index contributed by atoms with van der Waals surface area (Å²) < 4.78 is 30.3. The first-order valence-corrected chi connectivity index (χ1v) is 12.1. The first-order valence-electron chi connectivity index (χ1n) is 10.8. The topological polar surface area (TPSA) is 81.6 Å². The van der Waals surface area contributed by atoms with Gasteiger partial charge in [0, 0.05) is 17.9 Å². The third-order valence-corrected chi connectivity index (χ3v) is 6.45. The maximum Gasteiger partial charge on any atom is 0.182 e. The van der Waals surface area contributed by atoms with Crippen LogP contribution in [0.2, 0.25) is 0 Å². The third-order valence-electron chi connectivity index (χ3n) is 5.64. The summed E-state index contributed by atoms with van der Waals surface area (Å²) >= 11 is 1.51. The van der Waals surface area contributed by atoms with Crippen LogP contribution in [-0.2, 0) is 0 Å². The molecule has 1 saturated heterocycles. The standard InChI is InChI=1S/C23H25F2N7S/c1-3-4-9-27-23(29-14-26)19-12-28-21-7-8-22(30-32(19)21)31-13-16(25)11-18(31)17-10-15(24)5-6-20(17)33-2/h5-8,10,12,16,18H,3-4,9,11,13H2,1-2H3,(H,27,29)/t16-,18+/m0/s1. The second kappa shape index (κ2) is 10.2. The summed E-state index contributed by atoms with van der Waals surface area (Å²) in [5.41, 5.74) is 1.88. The van der Waals surface area contributed by atoms with E-state index in [1.165, 1.54) is 23.9 Å². The normalized spacial score (nSPS) is 18.6. The number of nitriles is 1. The van der Waals surface area contributed by atoms with Crippen LogP contribution in [0.4, 0.5) is 14.6 Å². The minimum Gasteiger partial charge on any atom is -0.345 e. The fourth-order valence-electron chi connectivity index (χ4n) is 4.06. The number of imidazole rings is 1. The highest BCUT2D eigenvalue weighted by Gasteiger charge is 2.36. The van der Waals surface area contributed by atoms with E-state index >= 15 is 0 Å². The van der Waals surface area contributed by atoms with Gasteiger partial charge in [0.25, 0.3) is 0 Å². The molecule has 1 aliphatic rings. The van der Waals surface area contributed by atoms with Crippen LogP contribution in [-0.4, -0.2) is 46.0 Å². The van der Waals surface area contributed by atoms with E-state index in [1.807, 2.05) is 17.3 Å². The van der Waals surface area contributed by atoms with E-state index in [1.54, 1.807) is 28.9 Å². The predicted octanol–water partition coefficient (Wildman–Crippen LogP) is 4.50. The van der Waals surface area contributed by atoms with Crippen LogP contribution >= 0.6 is 11.8 Å². The van der Waals surface area contributed by atoms with Crippen molar-refractivity contribution in [3.63, 3.8) is 0 Å². The van der Waals surface area contributed by atoms with Crippen LogP contribution < -0.4 is 10.2 Å². The number of aromatic nitrogens is 3. The lowest BCUT2D eigenvalue weighted by Gasteiger charge is -2.27. The molecule has 4 rings (SSSR count). The van der Waals surface area contributed by atoms with Gasteiger partial charge in [0.1, 0.15) is 23.5 Å². The van der Waals surface area contributed by atoms with Crippen molar-refractivity contribution in [1.82, 2.24) is 19.9 Å². The molecule has 7 nitrogen and oxygen atoms in total. The Morgan fingerprint density at radius 3 is 2.97 bits per heavy atom. The second-order valence-electron chi connectivity index (χ2n) is 7.81. The van der Waals surface area contributed by atoms with E-state index in [9.17, 15) is 14.0 Å². The molecule has 0 saturated carbocycles. The Balaban J connectivity index is 1.75. The van der Waals surface area contributed by atoms with Crippen molar-refractivity contribution in [1.29, 1.82) is 5.26 Å². The van der Waals surface area contributed by atoms with Crippen molar-refractivity contribution in [3.05, 3.63) is 53.6 Å². The number of nitrogens with one attached hydrogen (secondary N) is 1. The van der Waals surface area contributed by atoms with Gasteiger partial charge >= 0.3 is 0 Å². The first kappa shape index (κ1) is 23.0. The van der Waals surface area contributed by atoms with Crippen molar-refractivity contribution >= 4 is 29.1 Å². The second-order valence-corrected chi connectivity index (χ2v) is 8.66. The number of hydrogen-bond acceptors (Lipinski definition) is 6. The van der Waals surface area contributed by atoms with Crippen LogP contribution in [0.15, 0.2) is 46.4 Å². The zero-order chi connectivity index (χ0) is 23.4. The molecule has 2 atom stereocenters. The van der Waals surface area contributed by atoms with Gasteiger partial charge in [-0.3, -0.25) is 10.3 Å². The summed E-state index contributed by atoms with van der Waals surface area (Å²) in [6.45, 7) is 2.80. The Hall–Kier alpha value is -3.19. The van der Waals surface area contributed by atoms with E-state index in [0.29, 0.717) is 29.5 Å². The summed E-state index contributed by atoms with van der Waals surface area (Å²) in [5, 5.41) is 16.5. The van der Waals surface area contributed by atoms with Gasteiger partial charge in [0.15, 0.2) is 17.7 Å². The van der Waals surface area contributed by atoms with E-state index in [2.05, 4.69) is 22.2 Å². The lowest BCUT2D eigenvalue weighted by atomic mass is 10.0. The van der Waals surface area contributed by atoms with E-state index in [0.717, 1.165) is 23.3 Å². The zero-order valence-electron chi connectivity index (χ0n) is 18.5. The molecule has 172 valence electrons. The van der Waals surface area contributed by atoms with E-state index < -0.39 is 6.17 Å². The monoisotopic (exact) mass is 469 g/mol. The van der Waals surface area contributed by atoms with Gasteiger partial charge in [0.05, 0.1) is 18.8 Å². The molecular weight excluding hydrogens is 444 g/mol. The van der Waals surface area contributed by atoms with Gasteiger partial charge in [-0.05, 0) is 48.6 Å². The molecule has 0 unspecified atom stereocenters. The summed E-state index contributed by atoms with van der Waals surface area (Å²) in [4.78, 5) is 11.6. The number of benzene rings is 1. The average Bonchev–Trinajstić information content (AvgIpc) is 3.41. The molecule has 1 fully saturated rings. The number of nitrogens with zero attached hydrogens (tertiary/aromatic N) is 6. The SMILES string of the molecule is CCCCN=C(NC#N)c1cnc2ccc(N3C[C@@H](F)C[C@@H]3c3cc(F)ccc3SC)nn12. The maximum atomic E-state index is 14.6. The van der Waals surface area contributed by atoms with Gasteiger partial charge in [-0.25, -0.2) is 18.3 Å². The van der Waals surface area contributed by atoms with Gasteiger partial charge < -0.3 is 4.90 Å². The summed E-state index contributed by atoms with van der Waals surface area (Å²) in [6, 6.07) is 7.89. The van der Waals surface area contributed by atoms with Crippen LogP contribution in [0.5, 0.6) is 0 Å². The fourth-order valence-corrected chi connectivity index (χ4v) is 4.70. The van der Waals surface area contributed by atoms with Gasteiger partial charge in [-0.2, -0.15) is 5.26 Å². The summed E-state index contributed by atoms with van der Waals surface area (Å²) in [6.07, 6.45) is 6.53. The third kappa shape index (κ3) is 4.78. The van der Waals surface area contributed by atoms with Crippen LogP contribution in [0.25, 0.3) is 5.65 Å². The van der Waals surface area contributed by atoms with E-state index in [-0.39, 0.29) is 24.8 Å². The molecule has 2 aromatic heterocycles. The molecule has 0 radical (unpaired) electrons. The minimum absolute atomic E-state index is 0.158. The lowest BCUT2D eigenvalue weighted by molar-refractivity contribution is 0.356. The molecule has 1 N–H and O–H groups in total. The molecule has 3 aromatic rings. The number of alkyl halides is 1. The highest BCUT2D eigenvalue weighted by molar-refractivity contribution is 7.98. The Labute approximate surface area is 195 Å². The predicted molar refractivity (Wildman–Crippen MR) is 126 cm³/mol. The number of rotatable bonds is 7. The molecular formula is C23H25F2N7S. The Kier molecular flexibility index (Phi) is 7.08. The minimum atomic E-state index is -1.06. The number of aliphatic imine (C=N–C) groups is 1. The quantitative estimate of drug-likeness (QED) is 0.137. The number of hydrogen-bond donors (Lipinski definition) is 1. The number of unbranched alkanes of at least 4 members (excludes halogenated alkanes) is 1. The Morgan fingerprint density at radius 1 is 1.36 bits per heavy atom. The molecule has 33 heavy (non-hydrogen) atoms. The average molecular weight is 470 g/mol. The highest BCUT2D eigenvalue weighted by atomic mass is 32.2. The number of fused-ring (bicyclic) bond motifs is 1. The van der Waals surface area contributed by atoms with Crippen molar-refractivity contribution in [2.24, 2.45) is 4.99 Å². The van der Waals surface area contributed by atoms with Crippen molar-refractivity contribution in [2.75, 3.05) is 24.2 Å². The maximum absolute atomic E-state index is 14.6. The number of halogens is 2. The number of thioether (sulfide) groups is 1. The van der Waals surface area contributed by atoms with Crippen LogP contribution in [0, 0.1) is 17.3 Å². The van der Waals surface area contributed by atoms with Gasteiger partial charge in [-0.1, -0.05) is 13.3 Å². The number of amidine groups is 1. The van der Waals surface area contributed by atoms with Gasteiger partial charge in [0.2, 0.25) is 0 Å². The van der Waals surface area contributed by atoms with Crippen LogP contribution in [0.1, 0.15) is 43.5 Å². The van der Waals surface area contributed by atoms with Crippen molar-refractivity contribution in [2.45, 2.75) is 43.3 Å². The highest BCUT2D eigenvalue weighted by Crippen LogP contribution is 2.40. The summed E-state index contributed by atoms with van der Waals surface area (Å²) in [7, 11) is 0. The molecule has 1 aromatic carbocycles. The largest absolute Gasteiger partial charge is 0.345 e. The number of anilines is 1. The van der Waals surface area contributed by atoms with Crippen molar-refractivity contribution in [3.8, 4) is 6.19 Å². The van der Waals surface area contributed by atoms with Crippen LogP contribution in [0.3, 0.4) is 0 Å². The smallest absolute Gasteiger partial charge is 0.182 e. The lowest BCUT2D eigenvalue weighted by Crippen LogP contribution is -2.27. The summed E-state index contributed by atoms with van der Waals surface area (Å²) in [5.74, 6) is 0.591. The van der Waals surface area contributed by atoms with Gasteiger partial charge in [-0.15, -0.1) is 16.9 Å². The molecule has 3 heterocycles. The Bertz CT molecular complexity index is 1200. The molecule has 0 spiro atoms. The zero-order valence-corrected chi connectivity index (χ0v) is 19.3.